The lowest BCUT2D eigenvalue weighted by atomic mass is 9.96. The lowest BCUT2D eigenvalue weighted by Gasteiger charge is -2.11. The standard InChI is InChI=1S/C44H70O5/c1-7-8-9-13-16-22-35(2)23-17-14-11-10-12-15-18-30-42(45)49-43-39(6)44(46)48-41(43)33-38(5)28-20-26-36(3)24-19-25-37(4)27-21-29-40-31-32-47-34-40/h24,27,31-35,38H,7-23,25-26,28-30H2,1-6H3/b36-24+,37-27+,41-33?/t35?,38-/m1/s1. The molecule has 0 saturated carbocycles. The Morgan fingerprint density at radius 3 is 2.10 bits per heavy atom. The lowest BCUT2D eigenvalue weighted by molar-refractivity contribution is -0.140. The highest BCUT2D eigenvalue weighted by Crippen LogP contribution is 2.30. The first-order valence-electron chi connectivity index (χ1n) is 19.9. The molecule has 2 atom stereocenters. The number of hydrogen-bond donors (Lipinski definition) is 0. The minimum Gasteiger partial charge on any atom is -0.472 e. The van der Waals surface area contributed by atoms with Crippen LogP contribution in [-0.4, -0.2) is 11.9 Å². The Kier molecular flexibility index (Phi) is 22.5. The Hall–Kier alpha value is -2.82. The Labute approximate surface area is 300 Å². The number of carbonyl (C=O) groups excluding carboxylic acids is 2. The number of unbranched alkanes of at least 4 members (excludes halogenated alkanes) is 10. The number of esters is 2. The van der Waals surface area contributed by atoms with E-state index in [2.05, 4.69) is 46.8 Å². The Bertz CT molecular complexity index is 1180. The molecule has 2 heterocycles. The largest absolute Gasteiger partial charge is 0.472 e. The molecule has 5 nitrogen and oxygen atoms in total. The van der Waals surface area contributed by atoms with Gasteiger partial charge in [-0.3, -0.25) is 4.79 Å². The summed E-state index contributed by atoms with van der Waals surface area (Å²) in [5, 5.41) is 0. The van der Waals surface area contributed by atoms with Crippen molar-refractivity contribution < 1.29 is 23.5 Å². The zero-order valence-electron chi connectivity index (χ0n) is 32.2. The van der Waals surface area contributed by atoms with Crippen molar-refractivity contribution in [1.29, 1.82) is 0 Å². The van der Waals surface area contributed by atoms with Crippen LogP contribution < -0.4 is 0 Å². The normalized spacial score (nSPS) is 16.0. The van der Waals surface area contributed by atoms with Crippen LogP contribution in [0.2, 0.25) is 0 Å². The Balaban J connectivity index is 1.58. The van der Waals surface area contributed by atoms with Crippen molar-refractivity contribution in [2.45, 2.75) is 183 Å². The summed E-state index contributed by atoms with van der Waals surface area (Å²) >= 11 is 0. The van der Waals surface area contributed by atoms with Gasteiger partial charge < -0.3 is 13.9 Å². The van der Waals surface area contributed by atoms with Gasteiger partial charge in [-0.25, -0.2) is 4.79 Å². The van der Waals surface area contributed by atoms with Crippen LogP contribution >= 0.6 is 0 Å². The molecular formula is C44H70O5. The molecule has 1 aliphatic rings. The van der Waals surface area contributed by atoms with Crippen LogP contribution in [0, 0.1) is 11.8 Å². The molecule has 49 heavy (non-hydrogen) atoms. The van der Waals surface area contributed by atoms with E-state index in [1.54, 1.807) is 13.2 Å². The molecule has 1 aromatic heterocycles. The molecule has 0 saturated heterocycles. The average Bonchev–Trinajstić information content (AvgIpc) is 3.67. The van der Waals surface area contributed by atoms with Gasteiger partial charge in [0.2, 0.25) is 0 Å². The van der Waals surface area contributed by atoms with Crippen LogP contribution in [0.1, 0.15) is 182 Å². The van der Waals surface area contributed by atoms with Gasteiger partial charge in [0.05, 0.1) is 18.1 Å². The number of allylic oxidation sites excluding steroid dienone is 5. The molecule has 1 aliphatic heterocycles. The average molecular weight is 679 g/mol. The van der Waals surface area contributed by atoms with Gasteiger partial charge in [-0.2, -0.15) is 0 Å². The maximum Gasteiger partial charge on any atom is 0.343 e. The summed E-state index contributed by atoms with van der Waals surface area (Å²) in [4.78, 5) is 25.0. The first-order chi connectivity index (χ1) is 23.7. The third-order valence-electron chi connectivity index (χ3n) is 9.87. The van der Waals surface area contributed by atoms with Gasteiger partial charge in [-0.15, -0.1) is 0 Å². The van der Waals surface area contributed by atoms with Crippen molar-refractivity contribution in [2.24, 2.45) is 11.8 Å². The maximum atomic E-state index is 12.7. The molecule has 1 unspecified atom stereocenters. The van der Waals surface area contributed by atoms with Crippen LogP contribution in [0.4, 0.5) is 0 Å². The summed E-state index contributed by atoms with van der Waals surface area (Å²) in [6.07, 6.45) is 35.7. The minimum absolute atomic E-state index is 0.203. The number of carbonyl (C=O) groups is 2. The number of aryl methyl sites for hydroxylation is 1. The number of furan rings is 1. The predicted molar refractivity (Wildman–Crippen MR) is 204 cm³/mol. The Morgan fingerprint density at radius 2 is 1.43 bits per heavy atom. The molecule has 0 bridgehead atoms. The van der Waals surface area contributed by atoms with E-state index in [9.17, 15) is 9.59 Å². The fourth-order valence-corrected chi connectivity index (χ4v) is 6.50. The van der Waals surface area contributed by atoms with E-state index in [0.717, 1.165) is 70.1 Å². The van der Waals surface area contributed by atoms with Crippen LogP contribution in [0.5, 0.6) is 0 Å². The van der Waals surface area contributed by atoms with E-state index in [4.69, 9.17) is 13.9 Å². The molecule has 0 fully saturated rings. The van der Waals surface area contributed by atoms with E-state index in [1.165, 1.54) is 87.3 Å². The van der Waals surface area contributed by atoms with Crippen molar-refractivity contribution in [3.05, 3.63) is 70.6 Å². The van der Waals surface area contributed by atoms with Gasteiger partial charge >= 0.3 is 11.9 Å². The van der Waals surface area contributed by atoms with Crippen molar-refractivity contribution >= 4 is 11.9 Å². The fourth-order valence-electron chi connectivity index (χ4n) is 6.50. The monoisotopic (exact) mass is 679 g/mol. The molecule has 276 valence electrons. The van der Waals surface area contributed by atoms with Crippen molar-refractivity contribution in [3.8, 4) is 0 Å². The fraction of sp³-hybridized carbons (Fsp3) is 0.682. The van der Waals surface area contributed by atoms with E-state index in [-0.39, 0.29) is 11.9 Å². The van der Waals surface area contributed by atoms with Gasteiger partial charge in [0.25, 0.3) is 0 Å². The summed E-state index contributed by atoms with van der Waals surface area (Å²) in [5.41, 5.74) is 4.47. The van der Waals surface area contributed by atoms with E-state index < -0.39 is 5.97 Å². The van der Waals surface area contributed by atoms with Crippen molar-refractivity contribution in [1.82, 2.24) is 0 Å². The summed E-state index contributed by atoms with van der Waals surface area (Å²) in [7, 11) is 0. The minimum atomic E-state index is -0.424. The molecule has 2 rings (SSSR count). The highest BCUT2D eigenvalue weighted by molar-refractivity contribution is 5.94. The van der Waals surface area contributed by atoms with Crippen LogP contribution in [0.25, 0.3) is 0 Å². The van der Waals surface area contributed by atoms with Crippen molar-refractivity contribution in [3.63, 3.8) is 0 Å². The first kappa shape index (κ1) is 42.3. The zero-order valence-corrected chi connectivity index (χ0v) is 32.2. The molecule has 0 spiro atoms. The molecule has 0 amide bonds. The molecule has 0 aromatic carbocycles. The topological polar surface area (TPSA) is 65.7 Å². The molecule has 1 aromatic rings. The van der Waals surface area contributed by atoms with Gasteiger partial charge in [0, 0.05) is 6.42 Å². The van der Waals surface area contributed by atoms with Gasteiger partial charge in [-0.05, 0) is 102 Å². The summed E-state index contributed by atoms with van der Waals surface area (Å²) < 4.78 is 16.3. The van der Waals surface area contributed by atoms with Crippen LogP contribution in [-0.2, 0) is 25.5 Å². The Morgan fingerprint density at radius 1 is 0.796 bits per heavy atom. The summed E-state index contributed by atoms with van der Waals surface area (Å²) in [5.74, 6) is 1.07. The third-order valence-corrected chi connectivity index (χ3v) is 9.87. The highest BCUT2D eigenvalue weighted by Gasteiger charge is 2.30. The van der Waals surface area contributed by atoms with Crippen LogP contribution in [0.3, 0.4) is 0 Å². The molecule has 0 N–H and O–H groups in total. The van der Waals surface area contributed by atoms with E-state index in [1.807, 2.05) is 18.4 Å². The summed E-state index contributed by atoms with van der Waals surface area (Å²) in [6, 6.07) is 2.03. The van der Waals surface area contributed by atoms with E-state index >= 15 is 0 Å². The number of cyclic esters (lactones) is 1. The number of rotatable bonds is 28. The maximum absolute atomic E-state index is 12.7. The summed E-state index contributed by atoms with van der Waals surface area (Å²) in [6.45, 7) is 12.9. The third kappa shape index (κ3) is 19.8. The lowest BCUT2D eigenvalue weighted by Crippen LogP contribution is -2.06. The second kappa shape index (κ2) is 26.1. The number of hydrogen-bond acceptors (Lipinski definition) is 5. The highest BCUT2D eigenvalue weighted by atomic mass is 16.6. The quantitative estimate of drug-likeness (QED) is 0.0501. The smallest absolute Gasteiger partial charge is 0.343 e. The van der Waals surface area contributed by atoms with Gasteiger partial charge in [0.1, 0.15) is 0 Å². The molecular weight excluding hydrogens is 608 g/mol. The second-order valence-electron chi connectivity index (χ2n) is 14.8. The van der Waals surface area contributed by atoms with Crippen molar-refractivity contribution in [2.75, 3.05) is 0 Å². The SMILES string of the molecule is CCCCCCCC(C)CCCCCCCCCC(=O)OC1=C(C)C(=O)OC1=C[C@H](C)CCC/C(C)=C/CC/C(C)=C/CCc1ccoc1. The second-order valence-corrected chi connectivity index (χ2v) is 14.8. The molecule has 0 radical (unpaired) electrons. The first-order valence-corrected chi connectivity index (χ1v) is 19.9. The molecule has 0 aliphatic carbocycles. The number of ether oxygens (including phenoxy) is 2. The predicted octanol–water partition coefficient (Wildman–Crippen LogP) is 13.5. The van der Waals surface area contributed by atoms with E-state index in [0.29, 0.717) is 23.5 Å². The zero-order chi connectivity index (χ0) is 35.7. The van der Waals surface area contributed by atoms with Gasteiger partial charge in [-0.1, -0.05) is 128 Å². The van der Waals surface area contributed by atoms with Crippen LogP contribution in [0.15, 0.2) is 69.5 Å². The van der Waals surface area contributed by atoms with Gasteiger partial charge in [0.15, 0.2) is 11.5 Å². The molecule has 5 heteroatoms.